The zero-order valence-electron chi connectivity index (χ0n) is 13.1. The van der Waals surface area contributed by atoms with Gasteiger partial charge < -0.3 is 5.32 Å². The Kier molecular flexibility index (Phi) is 4.47. The molecule has 0 bridgehead atoms. The van der Waals surface area contributed by atoms with Crippen molar-refractivity contribution in [2.75, 3.05) is 5.32 Å². The van der Waals surface area contributed by atoms with Crippen LogP contribution >= 0.6 is 0 Å². The average Bonchev–Trinajstić information content (AvgIpc) is 2.62. The van der Waals surface area contributed by atoms with E-state index in [2.05, 4.69) is 15.3 Å². The summed E-state index contributed by atoms with van der Waals surface area (Å²) in [6.07, 6.45) is 4.85. The van der Waals surface area contributed by atoms with Crippen molar-refractivity contribution in [3.8, 4) is 11.1 Å². The number of nitro groups is 1. The highest BCUT2D eigenvalue weighted by Crippen LogP contribution is 2.20. The summed E-state index contributed by atoms with van der Waals surface area (Å²) in [5.41, 5.74) is 4.03. The maximum Gasteiger partial charge on any atom is 0.287 e. The molecule has 0 radical (unpaired) electrons. The van der Waals surface area contributed by atoms with E-state index >= 15 is 0 Å². The van der Waals surface area contributed by atoms with E-state index in [4.69, 9.17) is 0 Å². The Morgan fingerprint density at radius 1 is 1.12 bits per heavy atom. The first-order valence-electron chi connectivity index (χ1n) is 7.48. The Labute approximate surface area is 139 Å². The fraction of sp³-hybridized carbons (Fsp3) is 0.111. The van der Waals surface area contributed by atoms with Crippen molar-refractivity contribution in [1.29, 1.82) is 0 Å². The van der Waals surface area contributed by atoms with Gasteiger partial charge in [-0.3, -0.25) is 15.1 Å². The number of aryl methyl sites for hydroxylation is 1. The summed E-state index contributed by atoms with van der Waals surface area (Å²) in [5, 5.41) is 13.9. The van der Waals surface area contributed by atoms with Crippen LogP contribution in [-0.2, 0) is 6.54 Å². The van der Waals surface area contributed by atoms with E-state index < -0.39 is 4.92 Å². The molecular weight excluding hydrogens is 304 g/mol. The Morgan fingerprint density at radius 3 is 2.54 bits per heavy atom. The molecule has 2 aromatic heterocycles. The van der Waals surface area contributed by atoms with Crippen molar-refractivity contribution in [3.05, 3.63) is 82.3 Å². The minimum Gasteiger partial charge on any atom is -0.366 e. The molecule has 1 aromatic carbocycles. The van der Waals surface area contributed by atoms with Crippen molar-refractivity contribution in [1.82, 2.24) is 9.97 Å². The molecule has 6 nitrogen and oxygen atoms in total. The lowest BCUT2D eigenvalue weighted by molar-refractivity contribution is -0.385. The fourth-order valence-corrected chi connectivity index (χ4v) is 2.38. The van der Waals surface area contributed by atoms with Gasteiger partial charge in [0.05, 0.1) is 4.92 Å². The molecule has 3 rings (SSSR count). The van der Waals surface area contributed by atoms with E-state index in [1.165, 1.54) is 12.3 Å². The van der Waals surface area contributed by atoms with Crippen LogP contribution in [0.2, 0.25) is 0 Å². The monoisotopic (exact) mass is 320 g/mol. The van der Waals surface area contributed by atoms with Crippen LogP contribution in [0.4, 0.5) is 11.5 Å². The molecule has 0 spiro atoms. The van der Waals surface area contributed by atoms with Gasteiger partial charge >= 0.3 is 0 Å². The number of hydrogen-bond donors (Lipinski definition) is 1. The third-order valence-electron chi connectivity index (χ3n) is 3.68. The van der Waals surface area contributed by atoms with Crippen LogP contribution in [0.5, 0.6) is 0 Å². The van der Waals surface area contributed by atoms with Crippen molar-refractivity contribution in [3.63, 3.8) is 0 Å². The summed E-state index contributed by atoms with van der Waals surface area (Å²) in [4.78, 5) is 18.5. The van der Waals surface area contributed by atoms with Gasteiger partial charge in [0.25, 0.3) is 5.69 Å². The average molecular weight is 320 g/mol. The van der Waals surface area contributed by atoms with Crippen molar-refractivity contribution < 1.29 is 4.92 Å². The second kappa shape index (κ2) is 6.87. The van der Waals surface area contributed by atoms with Crippen LogP contribution in [-0.4, -0.2) is 14.9 Å². The first-order valence-corrected chi connectivity index (χ1v) is 7.48. The van der Waals surface area contributed by atoms with Crippen LogP contribution in [0.3, 0.4) is 0 Å². The lowest BCUT2D eigenvalue weighted by atomic mass is 10.1. The third-order valence-corrected chi connectivity index (χ3v) is 3.68. The van der Waals surface area contributed by atoms with Gasteiger partial charge in [-0.15, -0.1) is 0 Å². The molecule has 24 heavy (non-hydrogen) atoms. The number of pyridine rings is 2. The SMILES string of the molecule is Cc1cc([N+](=O)[O-])cnc1NCc1ccc(-c2cccnc2)cc1. The first-order chi connectivity index (χ1) is 11.6. The minimum absolute atomic E-state index is 0.00104. The summed E-state index contributed by atoms with van der Waals surface area (Å²) in [5.74, 6) is 0.650. The van der Waals surface area contributed by atoms with E-state index in [9.17, 15) is 10.1 Å². The molecule has 6 heteroatoms. The number of hydrogen-bond acceptors (Lipinski definition) is 5. The zero-order chi connectivity index (χ0) is 16.9. The number of benzene rings is 1. The fourth-order valence-electron chi connectivity index (χ4n) is 2.38. The summed E-state index contributed by atoms with van der Waals surface area (Å²) in [7, 11) is 0. The topological polar surface area (TPSA) is 81.0 Å². The third kappa shape index (κ3) is 3.55. The van der Waals surface area contributed by atoms with Crippen molar-refractivity contribution in [2.24, 2.45) is 0 Å². The molecule has 0 aliphatic carbocycles. The zero-order valence-corrected chi connectivity index (χ0v) is 13.1. The second-order valence-electron chi connectivity index (χ2n) is 5.41. The van der Waals surface area contributed by atoms with Crippen LogP contribution in [0.15, 0.2) is 61.1 Å². The van der Waals surface area contributed by atoms with Gasteiger partial charge in [0.2, 0.25) is 0 Å². The molecule has 0 aliphatic heterocycles. The number of nitrogens with one attached hydrogen (secondary N) is 1. The van der Waals surface area contributed by atoms with Gasteiger partial charge in [-0.05, 0) is 35.2 Å². The largest absolute Gasteiger partial charge is 0.366 e. The molecule has 120 valence electrons. The Morgan fingerprint density at radius 2 is 1.92 bits per heavy atom. The van der Waals surface area contributed by atoms with Gasteiger partial charge in [-0.25, -0.2) is 4.98 Å². The molecule has 2 heterocycles. The van der Waals surface area contributed by atoms with E-state index in [0.29, 0.717) is 12.4 Å². The normalized spacial score (nSPS) is 10.4. The number of anilines is 1. The predicted molar refractivity (Wildman–Crippen MR) is 92.6 cm³/mol. The van der Waals surface area contributed by atoms with Gasteiger partial charge in [-0.2, -0.15) is 0 Å². The lowest BCUT2D eigenvalue weighted by Gasteiger charge is -2.09. The summed E-state index contributed by atoms with van der Waals surface area (Å²) in [6, 6.07) is 13.6. The first kappa shape index (κ1) is 15.6. The quantitative estimate of drug-likeness (QED) is 0.568. The molecule has 0 unspecified atom stereocenters. The van der Waals surface area contributed by atoms with Gasteiger partial charge in [-0.1, -0.05) is 30.3 Å². The highest BCUT2D eigenvalue weighted by atomic mass is 16.6. The molecule has 3 aromatic rings. The molecule has 0 saturated carbocycles. The predicted octanol–water partition coefficient (Wildman–Crippen LogP) is 3.97. The van der Waals surface area contributed by atoms with E-state index in [1.54, 1.807) is 13.1 Å². The standard InChI is InChI=1S/C18H16N4O2/c1-13-9-17(22(23)24)12-21-18(13)20-10-14-4-6-15(7-5-14)16-3-2-8-19-11-16/h2-9,11-12H,10H2,1H3,(H,20,21). The number of nitrogens with zero attached hydrogens (tertiary/aromatic N) is 3. The van der Waals surface area contributed by atoms with E-state index in [1.807, 2.05) is 42.6 Å². The van der Waals surface area contributed by atoms with Crippen LogP contribution < -0.4 is 5.32 Å². The van der Waals surface area contributed by atoms with Crippen LogP contribution in [0.25, 0.3) is 11.1 Å². The van der Waals surface area contributed by atoms with Crippen molar-refractivity contribution in [2.45, 2.75) is 13.5 Å². The summed E-state index contributed by atoms with van der Waals surface area (Å²) < 4.78 is 0. The van der Waals surface area contributed by atoms with Gasteiger partial charge in [0, 0.05) is 25.0 Å². The number of rotatable bonds is 5. The van der Waals surface area contributed by atoms with E-state index in [0.717, 1.165) is 22.3 Å². The molecular formula is C18H16N4O2. The highest BCUT2D eigenvalue weighted by Gasteiger charge is 2.09. The Balaban J connectivity index is 1.68. The minimum atomic E-state index is -0.444. The molecule has 0 atom stereocenters. The molecule has 0 fully saturated rings. The molecule has 0 saturated heterocycles. The Bertz CT molecular complexity index is 849. The van der Waals surface area contributed by atoms with Gasteiger partial charge in [0.1, 0.15) is 12.0 Å². The lowest BCUT2D eigenvalue weighted by Crippen LogP contribution is -2.03. The maximum absolute atomic E-state index is 10.7. The highest BCUT2D eigenvalue weighted by molar-refractivity contribution is 5.62. The maximum atomic E-state index is 10.7. The molecule has 0 amide bonds. The summed E-state index contributed by atoms with van der Waals surface area (Å²) >= 11 is 0. The van der Waals surface area contributed by atoms with E-state index in [-0.39, 0.29) is 5.69 Å². The molecule has 1 N–H and O–H groups in total. The Hall–Kier alpha value is -3.28. The molecule has 0 aliphatic rings. The van der Waals surface area contributed by atoms with Crippen LogP contribution in [0, 0.1) is 17.0 Å². The van der Waals surface area contributed by atoms with Crippen molar-refractivity contribution >= 4 is 11.5 Å². The summed E-state index contributed by atoms with van der Waals surface area (Å²) in [6.45, 7) is 2.40. The van der Waals surface area contributed by atoms with Gasteiger partial charge in [0.15, 0.2) is 0 Å². The smallest absolute Gasteiger partial charge is 0.287 e. The second-order valence-corrected chi connectivity index (χ2v) is 5.41. The van der Waals surface area contributed by atoms with Crippen LogP contribution in [0.1, 0.15) is 11.1 Å². The number of aromatic nitrogens is 2.